The van der Waals surface area contributed by atoms with E-state index in [0.29, 0.717) is 6.07 Å². The summed E-state index contributed by atoms with van der Waals surface area (Å²) in [5.41, 5.74) is -3.19. The van der Waals surface area contributed by atoms with Crippen molar-refractivity contribution in [3.63, 3.8) is 0 Å². The van der Waals surface area contributed by atoms with Crippen molar-refractivity contribution >= 4 is 17.4 Å². The highest BCUT2D eigenvalue weighted by molar-refractivity contribution is 5.94. The SMILES string of the molecule is Cc1cc(C(F)(F)F)ccc1-c1ccc(NCc2ccc(C(F)(F)F)cc2-c2ccc(C(=O)CCCC(=O)O)nc2)cc1C(F)(F)F. The van der Waals surface area contributed by atoms with E-state index in [-0.39, 0.29) is 70.6 Å². The van der Waals surface area contributed by atoms with Crippen LogP contribution < -0.4 is 5.32 Å². The molecule has 5 nitrogen and oxygen atoms in total. The van der Waals surface area contributed by atoms with E-state index in [1.807, 2.05) is 0 Å². The van der Waals surface area contributed by atoms with Gasteiger partial charge in [-0.2, -0.15) is 39.5 Å². The van der Waals surface area contributed by atoms with E-state index in [1.54, 1.807) is 0 Å². The molecule has 0 spiro atoms. The van der Waals surface area contributed by atoms with Gasteiger partial charge in [0.15, 0.2) is 5.78 Å². The minimum absolute atomic E-state index is 0.0196. The third kappa shape index (κ3) is 8.69. The van der Waals surface area contributed by atoms with Gasteiger partial charge in [-0.25, -0.2) is 0 Å². The highest BCUT2D eigenvalue weighted by Crippen LogP contribution is 2.41. The van der Waals surface area contributed by atoms with Crippen LogP contribution >= 0.6 is 0 Å². The number of nitrogens with zero attached hydrogens (tertiary/aromatic N) is 1. The van der Waals surface area contributed by atoms with Crippen LogP contribution in [-0.4, -0.2) is 21.8 Å². The summed E-state index contributed by atoms with van der Waals surface area (Å²) >= 11 is 0. The molecule has 1 aromatic heterocycles. The van der Waals surface area contributed by atoms with E-state index < -0.39 is 47.0 Å². The molecule has 0 atom stereocenters. The molecule has 0 unspecified atom stereocenters. The molecular formula is C33H25F9N2O3. The molecule has 4 rings (SSSR count). The zero-order chi connectivity index (χ0) is 34.7. The molecule has 0 saturated heterocycles. The lowest BCUT2D eigenvalue weighted by molar-refractivity contribution is -0.138. The van der Waals surface area contributed by atoms with Gasteiger partial charge in [-0.3, -0.25) is 14.6 Å². The van der Waals surface area contributed by atoms with Crippen LogP contribution in [0.15, 0.2) is 72.9 Å². The van der Waals surface area contributed by atoms with Crippen molar-refractivity contribution < 1.29 is 54.2 Å². The molecule has 0 fully saturated rings. The first-order valence-corrected chi connectivity index (χ1v) is 13.9. The van der Waals surface area contributed by atoms with Gasteiger partial charge in [0.05, 0.1) is 16.7 Å². The Labute approximate surface area is 262 Å². The highest BCUT2D eigenvalue weighted by Gasteiger charge is 2.36. The van der Waals surface area contributed by atoms with Gasteiger partial charge < -0.3 is 10.4 Å². The number of aliphatic carboxylic acids is 1. The lowest BCUT2D eigenvalue weighted by Crippen LogP contribution is -2.11. The number of carboxylic acids is 1. The van der Waals surface area contributed by atoms with Gasteiger partial charge >= 0.3 is 24.5 Å². The fourth-order valence-electron chi connectivity index (χ4n) is 4.89. The van der Waals surface area contributed by atoms with E-state index in [2.05, 4.69) is 10.3 Å². The largest absolute Gasteiger partial charge is 0.481 e. The fraction of sp³-hybridized carbons (Fsp3) is 0.242. The number of alkyl halides is 9. The minimum Gasteiger partial charge on any atom is -0.481 e. The number of rotatable bonds is 10. The number of pyridine rings is 1. The summed E-state index contributed by atoms with van der Waals surface area (Å²) in [5.74, 6) is -1.54. The predicted octanol–water partition coefficient (Wildman–Crippen LogP) is 9.83. The number of nitrogens with one attached hydrogen (secondary N) is 1. The van der Waals surface area contributed by atoms with Crippen LogP contribution in [0.1, 0.15) is 57.6 Å². The van der Waals surface area contributed by atoms with Gasteiger partial charge in [0, 0.05) is 36.8 Å². The molecule has 0 saturated carbocycles. The maximum atomic E-state index is 14.1. The van der Waals surface area contributed by atoms with Crippen molar-refractivity contribution in [2.45, 2.75) is 51.3 Å². The molecule has 0 radical (unpaired) electrons. The van der Waals surface area contributed by atoms with Crippen molar-refractivity contribution in [3.8, 4) is 22.3 Å². The van der Waals surface area contributed by atoms with Crippen molar-refractivity contribution in [1.29, 1.82) is 0 Å². The van der Waals surface area contributed by atoms with Crippen molar-refractivity contribution in [2.24, 2.45) is 0 Å². The second-order valence-electron chi connectivity index (χ2n) is 10.6. The van der Waals surface area contributed by atoms with E-state index in [4.69, 9.17) is 5.11 Å². The third-order valence-electron chi connectivity index (χ3n) is 7.24. The zero-order valence-electron chi connectivity index (χ0n) is 24.4. The van der Waals surface area contributed by atoms with Crippen molar-refractivity contribution in [3.05, 3.63) is 106 Å². The number of halogens is 9. The van der Waals surface area contributed by atoms with Gasteiger partial charge in [0.2, 0.25) is 0 Å². The predicted molar refractivity (Wildman–Crippen MR) is 154 cm³/mol. The third-order valence-corrected chi connectivity index (χ3v) is 7.24. The Morgan fingerprint density at radius 1 is 0.723 bits per heavy atom. The Morgan fingerprint density at radius 2 is 1.36 bits per heavy atom. The number of anilines is 1. The van der Waals surface area contributed by atoms with Crippen LogP contribution in [0, 0.1) is 6.92 Å². The Balaban J connectivity index is 1.64. The van der Waals surface area contributed by atoms with Crippen LogP contribution in [0.5, 0.6) is 0 Å². The number of benzene rings is 3. The Kier molecular flexibility index (Phi) is 10.0. The second kappa shape index (κ2) is 13.5. The Hall–Kier alpha value is -4.88. The first-order valence-electron chi connectivity index (χ1n) is 13.9. The number of hydrogen-bond donors (Lipinski definition) is 2. The van der Waals surface area contributed by atoms with Crippen LogP contribution in [0.2, 0.25) is 0 Å². The molecular weight excluding hydrogens is 643 g/mol. The molecule has 0 aliphatic rings. The standard InChI is InChI=1S/C33H25F9N2O3/c1-18-13-21(31(34,35)36)8-10-24(18)25-11-9-23(15-27(25)33(40,41)42)43-16-19-5-7-22(32(37,38)39)14-26(19)20-6-12-28(44-17-20)29(45)3-2-4-30(46)47/h5-15,17,43H,2-4,16H2,1H3,(H,46,47). The van der Waals surface area contributed by atoms with Gasteiger partial charge in [-0.1, -0.05) is 24.3 Å². The number of aromatic nitrogens is 1. The molecule has 248 valence electrons. The number of Topliss-reactive ketones (excluding diaryl/α,β-unsaturated/α-hetero) is 1. The van der Waals surface area contributed by atoms with Gasteiger partial charge in [-0.05, 0) is 83.6 Å². The van der Waals surface area contributed by atoms with Gasteiger partial charge in [0.25, 0.3) is 0 Å². The van der Waals surface area contributed by atoms with E-state index >= 15 is 0 Å². The molecule has 47 heavy (non-hydrogen) atoms. The number of carbonyl (C=O) groups excluding carboxylic acids is 1. The number of hydrogen-bond acceptors (Lipinski definition) is 4. The number of carbonyl (C=O) groups is 2. The second-order valence-corrected chi connectivity index (χ2v) is 10.6. The maximum Gasteiger partial charge on any atom is 0.417 e. The number of aryl methyl sites for hydroxylation is 1. The van der Waals surface area contributed by atoms with Crippen LogP contribution in [0.4, 0.5) is 45.2 Å². The quantitative estimate of drug-likeness (QED) is 0.130. The molecule has 1 heterocycles. The molecule has 2 N–H and O–H groups in total. The summed E-state index contributed by atoms with van der Waals surface area (Å²) in [6.45, 7) is 1.03. The smallest absolute Gasteiger partial charge is 0.417 e. The van der Waals surface area contributed by atoms with Crippen LogP contribution in [-0.2, 0) is 29.9 Å². The maximum absolute atomic E-state index is 14.1. The summed E-state index contributed by atoms with van der Waals surface area (Å²) in [5, 5.41) is 11.5. The normalized spacial score (nSPS) is 12.2. The monoisotopic (exact) mass is 668 g/mol. The number of ketones is 1. The first kappa shape index (κ1) is 35.0. The molecule has 3 aromatic carbocycles. The molecule has 0 amide bonds. The summed E-state index contributed by atoms with van der Waals surface area (Å²) < 4.78 is 122. The number of carboxylic acid groups (broad SMARTS) is 1. The molecule has 0 bridgehead atoms. The van der Waals surface area contributed by atoms with Gasteiger partial charge in [-0.15, -0.1) is 0 Å². The average molecular weight is 669 g/mol. The lowest BCUT2D eigenvalue weighted by atomic mass is 9.93. The topological polar surface area (TPSA) is 79.3 Å². The average Bonchev–Trinajstić information content (AvgIpc) is 2.98. The van der Waals surface area contributed by atoms with E-state index in [1.165, 1.54) is 31.3 Å². The van der Waals surface area contributed by atoms with E-state index in [0.717, 1.165) is 42.5 Å². The van der Waals surface area contributed by atoms with Crippen molar-refractivity contribution in [1.82, 2.24) is 4.98 Å². The Bertz CT molecular complexity index is 1780. The fourth-order valence-corrected chi connectivity index (χ4v) is 4.89. The van der Waals surface area contributed by atoms with Crippen LogP contribution in [0.25, 0.3) is 22.3 Å². The molecule has 14 heteroatoms. The van der Waals surface area contributed by atoms with Gasteiger partial charge in [0.1, 0.15) is 5.69 Å². The summed E-state index contributed by atoms with van der Waals surface area (Å²) in [7, 11) is 0. The minimum atomic E-state index is -4.90. The zero-order valence-corrected chi connectivity index (χ0v) is 24.4. The summed E-state index contributed by atoms with van der Waals surface area (Å²) in [6, 6.07) is 11.0. The summed E-state index contributed by atoms with van der Waals surface area (Å²) in [4.78, 5) is 27.0. The molecule has 4 aromatic rings. The molecule has 0 aliphatic heterocycles. The van der Waals surface area contributed by atoms with Crippen molar-refractivity contribution in [2.75, 3.05) is 5.32 Å². The molecule has 0 aliphatic carbocycles. The summed E-state index contributed by atoms with van der Waals surface area (Å²) in [6.07, 6.45) is -13.4. The first-order chi connectivity index (χ1) is 21.8. The highest BCUT2D eigenvalue weighted by atomic mass is 19.4. The van der Waals surface area contributed by atoms with E-state index in [9.17, 15) is 49.1 Å². The Morgan fingerprint density at radius 3 is 1.94 bits per heavy atom. The van der Waals surface area contributed by atoms with Crippen LogP contribution in [0.3, 0.4) is 0 Å². The lowest BCUT2D eigenvalue weighted by Gasteiger charge is -2.19.